The minimum absolute atomic E-state index is 0.00697. The molecule has 3 aliphatic carbocycles. The number of ether oxygens (including phenoxy) is 4. The molecule has 2 spiro atoms. The lowest BCUT2D eigenvalue weighted by Gasteiger charge is -2.72. The van der Waals surface area contributed by atoms with E-state index in [-0.39, 0.29) is 48.7 Å². The van der Waals surface area contributed by atoms with Gasteiger partial charge < -0.3 is 59.3 Å². The van der Waals surface area contributed by atoms with Gasteiger partial charge >= 0.3 is 5.97 Å². The lowest BCUT2D eigenvalue weighted by molar-refractivity contribution is -0.453. The quantitative estimate of drug-likeness (QED) is 0.128. The fraction of sp³-hybridized carbons (Fsp3) is 0.711. The maximum absolute atomic E-state index is 13.4. The molecule has 3 aliphatic heterocycles. The number of aryl methyl sites for hydroxylation is 1. The smallest absolute Gasteiger partial charge is 0.306 e. The molecule has 0 radical (unpaired) electrons. The van der Waals surface area contributed by atoms with Gasteiger partial charge in [0.05, 0.1) is 30.8 Å². The molecule has 53 heavy (non-hydrogen) atoms. The number of benzene rings is 1. The Morgan fingerprint density at radius 3 is 2.70 bits per heavy atom. The average Bonchev–Trinajstić information content (AvgIpc) is 3.82. The Labute approximate surface area is 316 Å². The molecule has 1 saturated heterocycles. The van der Waals surface area contributed by atoms with E-state index in [1.54, 1.807) is 42.0 Å². The molecule has 3 saturated carbocycles. The van der Waals surface area contributed by atoms with Gasteiger partial charge in [-0.25, -0.2) is 0 Å². The number of fused-ring (bicyclic) bond motifs is 11. The van der Waals surface area contributed by atoms with E-state index in [1.165, 1.54) is 17.1 Å². The summed E-state index contributed by atoms with van der Waals surface area (Å²) in [6.45, 7) is 2.13. The van der Waals surface area contributed by atoms with Crippen molar-refractivity contribution in [3.8, 4) is 11.5 Å². The fourth-order valence-electron chi connectivity index (χ4n) is 10.4. The molecule has 8 rings (SSSR count). The lowest BCUT2D eigenvalue weighted by Crippen LogP contribution is -2.90. The highest BCUT2D eigenvalue weighted by Crippen LogP contribution is 2.67. The molecule has 1 aromatic heterocycles. The molecule has 2 aromatic rings. The van der Waals surface area contributed by atoms with Crippen LogP contribution >= 0.6 is 21.6 Å². The van der Waals surface area contributed by atoms with Crippen molar-refractivity contribution in [2.45, 2.75) is 110 Å². The molecule has 15 heteroatoms. The summed E-state index contributed by atoms with van der Waals surface area (Å²) in [5.74, 6) is -4.82. The van der Waals surface area contributed by atoms with Crippen LogP contribution in [0.4, 0.5) is 0 Å². The Hall–Kier alpha value is -2.05. The van der Waals surface area contributed by atoms with Crippen LogP contribution in [0.15, 0.2) is 35.0 Å². The second kappa shape index (κ2) is 14.2. The van der Waals surface area contributed by atoms with Crippen molar-refractivity contribution in [1.82, 2.24) is 5.32 Å². The summed E-state index contributed by atoms with van der Waals surface area (Å²) < 4.78 is 31.6. The number of rotatable bonds is 6. The van der Waals surface area contributed by atoms with Gasteiger partial charge in [-0.15, -0.1) is 0 Å². The maximum Gasteiger partial charge on any atom is 0.306 e. The second-order valence-corrected chi connectivity index (χ2v) is 18.6. The molecule has 292 valence electrons. The monoisotopic (exact) mass is 777 g/mol. The topological polar surface area (TPSA) is 201 Å². The summed E-state index contributed by atoms with van der Waals surface area (Å²) in [5.41, 5.74) is -5.64. The highest BCUT2D eigenvalue weighted by Gasteiger charge is 2.83. The van der Waals surface area contributed by atoms with E-state index >= 15 is 0 Å². The minimum atomic E-state index is -2.46. The number of aliphatic hydroxyl groups is 6. The van der Waals surface area contributed by atoms with E-state index in [2.05, 4.69) is 5.32 Å². The summed E-state index contributed by atoms with van der Waals surface area (Å²) in [5, 5.41) is 75.9. The van der Waals surface area contributed by atoms with Crippen LogP contribution < -0.4 is 14.8 Å². The van der Waals surface area contributed by atoms with Gasteiger partial charge in [-0.05, 0) is 75.1 Å². The lowest BCUT2D eigenvalue weighted by atomic mass is 9.46. The van der Waals surface area contributed by atoms with Crippen molar-refractivity contribution >= 4 is 38.5 Å². The first-order valence-electron chi connectivity index (χ1n) is 19.0. The number of carbonyl (C=O) groups is 1. The first-order valence-corrected chi connectivity index (χ1v) is 21.2. The number of hydrogen-bond acceptors (Lipinski definition) is 15. The van der Waals surface area contributed by atoms with Crippen molar-refractivity contribution < 1.29 is 58.8 Å². The summed E-state index contributed by atoms with van der Waals surface area (Å²) >= 11 is 0. The third kappa shape index (κ3) is 5.70. The largest absolute Gasteiger partial charge is 0.485 e. The zero-order valence-corrected chi connectivity index (χ0v) is 31.5. The number of aliphatic hydroxyl groups excluding tert-OH is 4. The van der Waals surface area contributed by atoms with Crippen molar-refractivity contribution in [3.63, 3.8) is 0 Å². The molecular weight excluding hydrogens is 727 g/mol. The van der Waals surface area contributed by atoms with Gasteiger partial charge in [-0.2, -0.15) is 0 Å². The minimum Gasteiger partial charge on any atom is -0.485 e. The van der Waals surface area contributed by atoms with Crippen molar-refractivity contribution in [1.29, 1.82) is 0 Å². The van der Waals surface area contributed by atoms with E-state index in [0.717, 1.165) is 25.7 Å². The van der Waals surface area contributed by atoms with E-state index in [1.807, 2.05) is 0 Å². The molecule has 5 bridgehead atoms. The molecule has 10 unspecified atom stereocenters. The first kappa shape index (κ1) is 37.9. The molecule has 4 heterocycles. The first-order chi connectivity index (χ1) is 25.5. The number of nitrogens with one attached hydrogen (secondary N) is 1. The maximum atomic E-state index is 13.4. The van der Waals surface area contributed by atoms with E-state index < -0.39 is 77.0 Å². The summed E-state index contributed by atoms with van der Waals surface area (Å²) in [7, 11) is 3.17. The standard InChI is InChI=1S/C38H51NO12S2/c1-2-47-28(43)8-6-22-17-23-10-15-48-30(23)32-31(22)50-37-13-9-27(52-53-34(11-3-4-12-34)20-39-14-16-49-32)36(21-41,51-37)35(45)18-24-5-7-26(42)25(19-40)29(24)38(37,46)33(35)44/h9-10,13,15,17,24-27,29,33,39-42,44-46H,2-8,11-12,14,16,18-21H2,1H3. The van der Waals surface area contributed by atoms with Crippen LogP contribution in [-0.2, 0) is 20.7 Å². The van der Waals surface area contributed by atoms with Crippen LogP contribution in [0.2, 0.25) is 0 Å². The molecule has 4 fully saturated rings. The molecule has 10 atom stereocenters. The number of esters is 1. The Morgan fingerprint density at radius 2 is 1.94 bits per heavy atom. The number of hydrogen-bond donors (Lipinski definition) is 7. The Balaban J connectivity index is 1.36. The van der Waals surface area contributed by atoms with Gasteiger partial charge in [0.25, 0.3) is 5.79 Å². The van der Waals surface area contributed by atoms with Gasteiger partial charge in [0.2, 0.25) is 5.75 Å². The fourth-order valence-corrected chi connectivity index (χ4v) is 14.2. The predicted molar refractivity (Wildman–Crippen MR) is 196 cm³/mol. The third-order valence-electron chi connectivity index (χ3n) is 13.0. The molecule has 0 amide bonds. The zero-order valence-electron chi connectivity index (χ0n) is 29.9. The van der Waals surface area contributed by atoms with Crippen LogP contribution in [0.5, 0.6) is 11.5 Å². The van der Waals surface area contributed by atoms with Crippen molar-refractivity contribution in [2.75, 3.05) is 39.5 Å². The van der Waals surface area contributed by atoms with Crippen molar-refractivity contribution in [3.05, 3.63) is 36.1 Å². The van der Waals surface area contributed by atoms with E-state index in [4.69, 9.17) is 23.4 Å². The molecule has 7 N–H and O–H groups in total. The predicted octanol–water partition coefficient (Wildman–Crippen LogP) is 2.60. The molecule has 13 nitrogen and oxygen atoms in total. The highest BCUT2D eigenvalue weighted by atomic mass is 33.1. The van der Waals surface area contributed by atoms with Gasteiger partial charge in [0.1, 0.15) is 23.9 Å². The Bertz CT molecular complexity index is 1720. The SMILES string of the molecule is CCOC(=O)CCc1cc2ccoc2c2c1OC13C=CC(SSC4(CCCC4)CNCCO2)C(CO)(O1)C1(O)CC2CCC(O)C(CO)C2C3(O)C1O. The zero-order chi connectivity index (χ0) is 37.2. The van der Waals surface area contributed by atoms with Gasteiger partial charge in [-0.3, -0.25) is 4.79 Å². The molecule has 1 aromatic carbocycles. The number of furan rings is 1. The molecular formula is C38H51NO12S2. The van der Waals surface area contributed by atoms with Crippen LogP contribution in [0.25, 0.3) is 11.0 Å². The summed E-state index contributed by atoms with van der Waals surface area (Å²) in [6, 6.07) is 3.58. The van der Waals surface area contributed by atoms with Crippen LogP contribution in [0.1, 0.15) is 63.9 Å². The Kier molecular flexibility index (Phi) is 10.1. The summed E-state index contributed by atoms with van der Waals surface area (Å²) in [6.07, 6.45) is 6.78. The van der Waals surface area contributed by atoms with Crippen LogP contribution in [0.3, 0.4) is 0 Å². The van der Waals surface area contributed by atoms with E-state index in [9.17, 15) is 35.4 Å². The van der Waals surface area contributed by atoms with Gasteiger partial charge in [0.15, 0.2) is 16.9 Å². The van der Waals surface area contributed by atoms with Gasteiger partial charge in [-0.1, -0.05) is 40.5 Å². The van der Waals surface area contributed by atoms with E-state index in [0.29, 0.717) is 42.5 Å². The van der Waals surface area contributed by atoms with Crippen LogP contribution in [-0.4, -0.2) is 121 Å². The highest BCUT2D eigenvalue weighted by molar-refractivity contribution is 8.77. The molecule has 6 aliphatic rings. The number of carbonyl (C=O) groups excluding carboxylic acids is 1. The third-order valence-corrected chi connectivity index (χ3v) is 16.7. The van der Waals surface area contributed by atoms with Crippen LogP contribution in [0, 0.1) is 17.8 Å². The average molecular weight is 778 g/mol. The van der Waals surface area contributed by atoms with Crippen molar-refractivity contribution in [2.24, 2.45) is 17.8 Å². The van der Waals surface area contributed by atoms with Gasteiger partial charge in [0, 0.05) is 48.1 Å². The normalized spacial score (nSPS) is 40.4. The Morgan fingerprint density at radius 1 is 1.13 bits per heavy atom. The summed E-state index contributed by atoms with van der Waals surface area (Å²) in [4.78, 5) is 12.7. The second-order valence-electron chi connectivity index (χ2n) is 15.8.